The number of carbonyl (C=O) groups excluding carboxylic acids is 1. The zero-order valence-electron chi connectivity index (χ0n) is 27.2. The molecule has 8 heteroatoms. The molecule has 0 aromatic carbocycles. The molecule has 9 aliphatic carbocycles. The van der Waals surface area contributed by atoms with Crippen LogP contribution < -0.4 is 0 Å². The fourth-order valence-electron chi connectivity index (χ4n) is 12.3. The molecule has 0 aromatic heterocycles. The molecule has 0 N–H and O–H groups in total. The fraction of sp³-hybridized carbons (Fsp3) is 0.972. The molecule has 0 amide bonds. The van der Waals surface area contributed by atoms with Gasteiger partial charge in [-0.3, -0.25) is 4.79 Å². The number of esters is 1. The predicted molar refractivity (Wildman–Crippen MR) is 158 cm³/mol. The molecule has 1 atom stereocenters. The fourth-order valence-corrected chi connectivity index (χ4v) is 12.3. The van der Waals surface area contributed by atoms with E-state index in [0.717, 1.165) is 42.4 Å². The Morgan fingerprint density at radius 1 is 0.568 bits per heavy atom. The van der Waals surface area contributed by atoms with Crippen LogP contribution in [0.4, 0.5) is 0 Å². The molecule has 12 fully saturated rings. The Kier molecular flexibility index (Phi) is 6.76. The molecule has 8 nitrogen and oxygen atoms in total. The summed E-state index contributed by atoms with van der Waals surface area (Å²) in [6, 6.07) is 0. The first-order chi connectivity index (χ1) is 21.1. The van der Waals surface area contributed by atoms with E-state index in [-0.39, 0.29) is 11.8 Å². The van der Waals surface area contributed by atoms with Crippen LogP contribution >= 0.6 is 0 Å². The largest absolute Gasteiger partial charge is 0.465 e. The van der Waals surface area contributed by atoms with Crippen LogP contribution in [0.1, 0.15) is 130 Å². The first-order valence-electron chi connectivity index (χ1n) is 18.4. The first-order valence-corrected chi connectivity index (χ1v) is 18.4. The molecule has 44 heavy (non-hydrogen) atoms. The van der Waals surface area contributed by atoms with Gasteiger partial charge >= 0.3 is 5.97 Å². The maximum absolute atomic E-state index is 11.5. The average molecular weight is 615 g/mol. The lowest BCUT2D eigenvalue weighted by molar-refractivity contribution is -0.390. The van der Waals surface area contributed by atoms with Gasteiger partial charge < -0.3 is 14.2 Å². The molecule has 246 valence electrons. The van der Waals surface area contributed by atoms with Gasteiger partial charge in [-0.05, 0) is 112 Å². The zero-order chi connectivity index (χ0) is 30.0. The quantitative estimate of drug-likeness (QED) is 0.204. The molecule has 9 saturated carbocycles. The number of rotatable bonds is 0. The Morgan fingerprint density at radius 2 is 1.00 bits per heavy atom. The third-order valence-corrected chi connectivity index (χ3v) is 14.3. The minimum atomic E-state index is -0.762. The summed E-state index contributed by atoms with van der Waals surface area (Å²) in [4.78, 5) is 35.2. The van der Waals surface area contributed by atoms with Gasteiger partial charge in [0.05, 0.1) is 13.0 Å². The Balaban J connectivity index is 0.000000123. The van der Waals surface area contributed by atoms with Crippen molar-refractivity contribution in [3.8, 4) is 0 Å². The summed E-state index contributed by atoms with van der Waals surface area (Å²) >= 11 is 0. The normalized spacial score (nSPS) is 55.2. The molecule has 3 saturated heterocycles. The van der Waals surface area contributed by atoms with Gasteiger partial charge in [0.1, 0.15) is 0 Å². The minimum Gasteiger partial charge on any atom is -0.465 e. The molecule has 3 aliphatic heterocycles. The second-order valence-corrected chi connectivity index (χ2v) is 18.0. The Morgan fingerprint density at radius 3 is 1.43 bits per heavy atom. The van der Waals surface area contributed by atoms with Crippen molar-refractivity contribution in [3.05, 3.63) is 0 Å². The van der Waals surface area contributed by atoms with E-state index in [4.69, 9.17) is 33.8 Å². The van der Waals surface area contributed by atoms with Crippen LogP contribution in [0.3, 0.4) is 0 Å². The van der Waals surface area contributed by atoms with Crippen LogP contribution in [0, 0.1) is 58.7 Å². The molecule has 8 bridgehead atoms. The number of cyclic esters (lactones) is 1. The van der Waals surface area contributed by atoms with E-state index >= 15 is 0 Å². The van der Waals surface area contributed by atoms with Crippen molar-refractivity contribution in [1.82, 2.24) is 0 Å². The molecule has 0 aromatic rings. The van der Waals surface area contributed by atoms with E-state index < -0.39 is 17.4 Å². The molecule has 4 spiro atoms. The third kappa shape index (κ3) is 4.62. The van der Waals surface area contributed by atoms with Gasteiger partial charge in [-0.15, -0.1) is 0 Å². The summed E-state index contributed by atoms with van der Waals surface area (Å²) in [7, 11) is 0. The highest BCUT2D eigenvalue weighted by atomic mass is 17.3. The van der Waals surface area contributed by atoms with Crippen LogP contribution in [0.15, 0.2) is 0 Å². The highest BCUT2D eigenvalue weighted by molar-refractivity contribution is 5.69. The van der Waals surface area contributed by atoms with Crippen LogP contribution in [-0.2, 0) is 38.6 Å². The second kappa shape index (κ2) is 10.1. The van der Waals surface area contributed by atoms with Crippen LogP contribution in [0.2, 0.25) is 0 Å². The van der Waals surface area contributed by atoms with Crippen molar-refractivity contribution in [2.24, 2.45) is 58.7 Å². The van der Waals surface area contributed by atoms with E-state index in [9.17, 15) is 4.79 Å². The number of carbonyl (C=O) groups is 1. The standard InChI is InChI=1S/C20H32O3.C16H22O5/c1-18(2,3)15-4-6-19(7-5-15)21-20(23-22-19)16-9-13-8-14(11-16)12-17(20)10-13;17-14-1-2-15(3-4-18-14)19-16(21-20-15)12-6-10-5-11(8-12)9-13(16)7-10/h13-17H,4-12H2,1-3H3;10-13H,1-9H2. The third-order valence-electron chi connectivity index (χ3n) is 14.3. The van der Waals surface area contributed by atoms with Crippen molar-refractivity contribution in [2.75, 3.05) is 6.61 Å². The van der Waals surface area contributed by atoms with Crippen molar-refractivity contribution in [1.29, 1.82) is 0 Å². The lowest BCUT2D eigenvalue weighted by Crippen LogP contribution is -2.59. The van der Waals surface area contributed by atoms with Gasteiger partial charge in [0.2, 0.25) is 23.1 Å². The average Bonchev–Trinajstić information content (AvgIpc) is 3.48. The smallest absolute Gasteiger partial charge is 0.305 e. The Hall–Kier alpha value is -0.770. The van der Waals surface area contributed by atoms with Crippen molar-refractivity contribution in [2.45, 2.75) is 153 Å². The van der Waals surface area contributed by atoms with E-state index in [2.05, 4.69) is 20.8 Å². The topological polar surface area (TPSA) is 81.7 Å². The van der Waals surface area contributed by atoms with Crippen LogP contribution in [0.5, 0.6) is 0 Å². The summed E-state index contributed by atoms with van der Waals surface area (Å²) in [5.74, 6) is 4.17. The van der Waals surface area contributed by atoms with E-state index in [1.54, 1.807) is 0 Å². The molecule has 3 heterocycles. The van der Waals surface area contributed by atoms with Gasteiger partial charge in [-0.1, -0.05) is 20.8 Å². The molecule has 12 rings (SSSR count). The predicted octanol–water partition coefficient (Wildman–Crippen LogP) is 7.59. The molecule has 12 aliphatic rings. The zero-order valence-corrected chi connectivity index (χ0v) is 27.2. The first kappa shape index (κ1) is 29.4. The highest BCUT2D eigenvalue weighted by Gasteiger charge is 2.68. The van der Waals surface area contributed by atoms with Gasteiger partial charge in [0.15, 0.2) is 0 Å². The van der Waals surface area contributed by atoms with Gasteiger partial charge in [-0.2, -0.15) is 19.6 Å². The van der Waals surface area contributed by atoms with E-state index in [0.29, 0.717) is 55.0 Å². The summed E-state index contributed by atoms with van der Waals surface area (Å²) in [5, 5.41) is 0. The SMILES string of the molecule is CC(C)(C)C1CCC2(CC1)OOC1(O2)C2CC3CC(C2)CC1C3.O=C1CCC2(CCO1)OOC1(O2)C2CC3CC(C2)CC1C3. The van der Waals surface area contributed by atoms with Gasteiger partial charge in [-0.25, -0.2) is 0 Å². The molecule has 0 radical (unpaired) electrons. The summed E-state index contributed by atoms with van der Waals surface area (Å²) < 4.78 is 18.4. The monoisotopic (exact) mass is 614 g/mol. The molecular weight excluding hydrogens is 560 g/mol. The molecule has 1 unspecified atom stereocenters. The Labute approximate surface area is 262 Å². The maximum atomic E-state index is 11.5. The minimum absolute atomic E-state index is 0.162. The highest BCUT2D eigenvalue weighted by Crippen LogP contribution is 2.65. The van der Waals surface area contributed by atoms with Gasteiger partial charge in [0, 0.05) is 49.4 Å². The second-order valence-electron chi connectivity index (χ2n) is 18.0. The summed E-state index contributed by atoms with van der Waals surface area (Å²) in [6.45, 7) is 7.45. The lowest BCUT2D eigenvalue weighted by atomic mass is 9.53. The molecular formula is C36H54O8. The maximum Gasteiger partial charge on any atom is 0.305 e. The summed E-state index contributed by atoms with van der Waals surface area (Å²) in [5.41, 5.74) is 0.390. The van der Waals surface area contributed by atoms with E-state index in [1.807, 2.05) is 0 Å². The summed E-state index contributed by atoms with van der Waals surface area (Å²) in [6.07, 6.45) is 18.8. The number of hydrogen-bond donors (Lipinski definition) is 0. The van der Waals surface area contributed by atoms with Crippen molar-refractivity contribution >= 4 is 5.97 Å². The van der Waals surface area contributed by atoms with Gasteiger partial charge in [0.25, 0.3) is 0 Å². The van der Waals surface area contributed by atoms with Crippen molar-refractivity contribution < 1.29 is 38.6 Å². The van der Waals surface area contributed by atoms with Crippen molar-refractivity contribution in [3.63, 3.8) is 0 Å². The van der Waals surface area contributed by atoms with E-state index in [1.165, 1.54) is 77.0 Å². The lowest BCUT2D eigenvalue weighted by Gasteiger charge is -2.57. The number of ether oxygens (including phenoxy) is 3. The Bertz CT molecular complexity index is 1080. The number of hydrogen-bond acceptors (Lipinski definition) is 8. The van der Waals surface area contributed by atoms with Crippen LogP contribution in [0.25, 0.3) is 0 Å². The van der Waals surface area contributed by atoms with Crippen LogP contribution in [-0.4, -0.2) is 35.7 Å².